The van der Waals surface area contributed by atoms with E-state index < -0.39 is 5.97 Å². The van der Waals surface area contributed by atoms with Crippen molar-refractivity contribution in [2.75, 3.05) is 11.4 Å². The van der Waals surface area contributed by atoms with Crippen LogP contribution in [-0.4, -0.2) is 23.4 Å². The van der Waals surface area contributed by atoms with Gasteiger partial charge in [0.25, 0.3) is 0 Å². The number of carbonyl (C=O) groups is 2. The molecular weight excluding hydrogens is 258 g/mol. The third-order valence-electron chi connectivity index (χ3n) is 3.37. The van der Waals surface area contributed by atoms with Crippen molar-refractivity contribution in [3.05, 3.63) is 53.5 Å². The molecule has 2 heterocycles. The number of furan rings is 1. The van der Waals surface area contributed by atoms with Crippen LogP contribution >= 0.6 is 0 Å². The number of ketones is 1. The Bertz CT molecular complexity index is 674. The lowest BCUT2D eigenvalue weighted by Crippen LogP contribution is -2.31. The van der Waals surface area contributed by atoms with E-state index in [-0.39, 0.29) is 11.5 Å². The summed E-state index contributed by atoms with van der Waals surface area (Å²) in [7, 11) is 0. The highest BCUT2D eigenvalue weighted by atomic mass is 16.4. The molecule has 0 spiro atoms. The fourth-order valence-electron chi connectivity index (χ4n) is 2.41. The molecule has 2 aromatic rings. The lowest BCUT2D eigenvalue weighted by Gasteiger charge is -2.29. The van der Waals surface area contributed by atoms with Gasteiger partial charge in [0, 0.05) is 24.2 Å². The number of carbonyl (C=O) groups excluding carboxylic acids is 1. The summed E-state index contributed by atoms with van der Waals surface area (Å²) in [6.07, 6.45) is 0.462. The van der Waals surface area contributed by atoms with Crippen LogP contribution in [0.5, 0.6) is 0 Å². The van der Waals surface area contributed by atoms with E-state index in [0.717, 1.165) is 5.69 Å². The number of fused-ring (bicyclic) bond motifs is 1. The SMILES string of the molecule is O=C(O)c1ccc(CN2CCC(=O)c3ccccc32)o1. The summed E-state index contributed by atoms with van der Waals surface area (Å²) in [4.78, 5) is 24.7. The molecule has 0 radical (unpaired) electrons. The average molecular weight is 271 g/mol. The first-order valence-electron chi connectivity index (χ1n) is 6.34. The summed E-state index contributed by atoms with van der Waals surface area (Å²) in [6.45, 7) is 1.07. The predicted molar refractivity (Wildman–Crippen MR) is 72.1 cm³/mol. The molecule has 1 aliphatic rings. The van der Waals surface area contributed by atoms with Gasteiger partial charge in [-0.3, -0.25) is 4.79 Å². The first-order chi connectivity index (χ1) is 9.65. The number of para-hydroxylation sites is 1. The largest absolute Gasteiger partial charge is 0.475 e. The zero-order valence-electron chi connectivity index (χ0n) is 10.7. The van der Waals surface area contributed by atoms with Crippen LogP contribution in [0.2, 0.25) is 0 Å². The molecule has 0 atom stereocenters. The van der Waals surface area contributed by atoms with Crippen LogP contribution in [-0.2, 0) is 6.54 Å². The molecule has 102 valence electrons. The van der Waals surface area contributed by atoms with E-state index in [9.17, 15) is 9.59 Å². The van der Waals surface area contributed by atoms with Gasteiger partial charge in [0.15, 0.2) is 5.78 Å². The highest BCUT2D eigenvalue weighted by Gasteiger charge is 2.23. The molecule has 0 bridgehead atoms. The second-order valence-electron chi connectivity index (χ2n) is 4.68. The number of carboxylic acids is 1. The molecule has 0 aliphatic carbocycles. The topological polar surface area (TPSA) is 70.8 Å². The van der Waals surface area contributed by atoms with Crippen LogP contribution in [0.4, 0.5) is 5.69 Å². The van der Waals surface area contributed by atoms with Gasteiger partial charge in [0.2, 0.25) is 5.76 Å². The molecule has 3 rings (SSSR count). The van der Waals surface area contributed by atoms with Crippen molar-refractivity contribution in [1.82, 2.24) is 0 Å². The Hall–Kier alpha value is -2.56. The normalized spacial score (nSPS) is 14.2. The zero-order valence-corrected chi connectivity index (χ0v) is 10.7. The maximum atomic E-state index is 11.8. The quantitative estimate of drug-likeness (QED) is 0.929. The molecule has 1 aromatic carbocycles. The fraction of sp³-hybridized carbons (Fsp3) is 0.200. The van der Waals surface area contributed by atoms with Crippen LogP contribution < -0.4 is 4.90 Å². The molecule has 20 heavy (non-hydrogen) atoms. The van der Waals surface area contributed by atoms with Crippen LogP contribution in [0.25, 0.3) is 0 Å². The van der Waals surface area contributed by atoms with Crippen molar-refractivity contribution in [3.63, 3.8) is 0 Å². The second-order valence-corrected chi connectivity index (χ2v) is 4.68. The molecule has 5 nitrogen and oxygen atoms in total. The minimum Gasteiger partial charge on any atom is -0.475 e. The average Bonchev–Trinajstić information content (AvgIpc) is 2.91. The molecule has 0 saturated heterocycles. The molecule has 0 amide bonds. The van der Waals surface area contributed by atoms with E-state index in [1.165, 1.54) is 6.07 Å². The first-order valence-corrected chi connectivity index (χ1v) is 6.34. The Morgan fingerprint density at radius 2 is 2.05 bits per heavy atom. The van der Waals surface area contributed by atoms with Crippen molar-refractivity contribution in [2.45, 2.75) is 13.0 Å². The van der Waals surface area contributed by atoms with E-state index in [2.05, 4.69) is 0 Å². The Morgan fingerprint density at radius 1 is 1.25 bits per heavy atom. The standard InChI is InChI=1S/C15H13NO4/c17-13-7-8-16(12-4-2-1-3-11(12)13)9-10-5-6-14(20-10)15(18)19/h1-6H,7-9H2,(H,18,19). The van der Waals surface area contributed by atoms with Gasteiger partial charge in [-0.1, -0.05) is 12.1 Å². The molecule has 0 unspecified atom stereocenters. The van der Waals surface area contributed by atoms with Crippen molar-refractivity contribution < 1.29 is 19.1 Å². The summed E-state index contributed by atoms with van der Waals surface area (Å²) in [5, 5.41) is 8.84. The van der Waals surface area contributed by atoms with E-state index in [1.54, 1.807) is 6.07 Å². The third-order valence-corrected chi connectivity index (χ3v) is 3.37. The maximum Gasteiger partial charge on any atom is 0.371 e. The van der Waals surface area contributed by atoms with Gasteiger partial charge in [0.1, 0.15) is 5.76 Å². The summed E-state index contributed by atoms with van der Waals surface area (Å²) in [5.41, 5.74) is 1.58. The fourth-order valence-corrected chi connectivity index (χ4v) is 2.41. The predicted octanol–water partition coefficient (Wildman–Crippen LogP) is 2.57. The molecule has 0 fully saturated rings. The first kappa shape index (κ1) is 12.5. The van der Waals surface area contributed by atoms with Gasteiger partial charge in [-0.2, -0.15) is 0 Å². The monoisotopic (exact) mass is 271 g/mol. The second kappa shape index (κ2) is 4.85. The summed E-state index contributed by atoms with van der Waals surface area (Å²) < 4.78 is 5.26. The molecule has 1 aromatic heterocycles. The van der Waals surface area contributed by atoms with Crippen LogP contribution in [0.1, 0.15) is 33.1 Å². The lowest BCUT2D eigenvalue weighted by atomic mass is 10.0. The lowest BCUT2D eigenvalue weighted by molar-refractivity contribution is 0.0660. The highest BCUT2D eigenvalue weighted by Crippen LogP contribution is 2.28. The van der Waals surface area contributed by atoms with Crippen LogP contribution in [0.3, 0.4) is 0 Å². The van der Waals surface area contributed by atoms with Crippen molar-refractivity contribution in [3.8, 4) is 0 Å². The summed E-state index contributed by atoms with van der Waals surface area (Å²) >= 11 is 0. The zero-order chi connectivity index (χ0) is 14.1. The molecule has 5 heteroatoms. The number of hydrogen-bond donors (Lipinski definition) is 1. The Labute approximate surface area is 115 Å². The van der Waals surface area contributed by atoms with Crippen LogP contribution in [0, 0.1) is 0 Å². The number of Topliss-reactive ketones (excluding diaryl/α,β-unsaturated/α-hetero) is 1. The number of carboxylic acid groups (broad SMARTS) is 1. The van der Waals surface area contributed by atoms with E-state index >= 15 is 0 Å². The number of anilines is 1. The number of benzene rings is 1. The van der Waals surface area contributed by atoms with Gasteiger partial charge in [-0.15, -0.1) is 0 Å². The van der Waals surface area contributed by atoms with E-state index in [4.69, 9.17) is 9.52 Å². The minimum atomic E-state index is -1.08. The molecular formula is C15H13NO4. The molecule has 0 saturated carbocycles. The molecule has 1 N–H and O–H groups in total. The van der Waals surface area contributed by atoms with Gasteiger partial charge < -0.3 is 14.4 Å². The maximum absolute atomic E-state index is 11.8. The minimum absolute atomic E-state index is 0.0682. The van der Waals surface area contributed by atoms with E-state index in [0.29, 0.717) is 30.8 Å². The number of rotatable bonds is 3. The third kappa shape index (κ3) is 2.18. The van der Waals surface area contributed by atoms with Crippen molar-refractivity contribution >= 4 is 17.4 Å². The Morgan fingerprint density at radius 3 is 2.80 bits per heavy atom. The Balaban J connectivity index is 1.86. The van der Waals surface area contributed by atoms with Crippen molar-refractivity contribution in [2.24, 2.45) is 0 Å². The van der Waals surface area contributed by atoms with Gasteiger partial charge in [-0.25, -0.2) is 4.79 Å². The summed E-state index contributed by atoms with van der Waals surface area (Å²) in [6, 6.07) is 10.5. The number of hydrogen-bond acceptors (Lipinski definition) is 4. The van der Waals surface area contributed by atoms with Crippen molar-refractivity contribution in [1.29, 1.82) is 0 Å². The van der Waals surface area contributed by atoms with Gasteiger partial charge >= 0.3 is 5.97 Å². The Kier molecular flexibility index (Phi) is 3.02. The highest BCUT2D eigenvalue weighted by molar-refractivity contribution is 6.03. The number of nitrogens with zero attached hydrogens (tertiary/aromatic N) is 1. The van der Waals surface area contributed by atoms with Gasteiger partial charge in [-0.05, 0) is 24.3 Å². The van der Waals surface area contributed by atoms with Crippen LogP contribution in [0.15, 0.2) is 40.8 Å². The smallest absolute Gasteiger partial charge is 0.371 e. The molecule has 1 aliphatic heterocycles. The van der Waals surface area contributed by atoms with Gasteiger partial charge in [0.05, 0.1) is 6.54 Å². The summed E-state index contributed by atoms with van der Waals surface area (Å²) in [5.74, 6) is -0.430. The van der Waals surface area contributed by atoms with E-state index in [1.807, 2.05) is 29.2 Å². The number of aromatic carboxylic acids is 1.